The Hall–Kier alpha value is -2.22. The zero-order chi connectivity index (χ0) is 16.1. The minimum Gasteiger partial charge on any atom is -0.435 e. The second-order valence-corrected chi connectivity index (χ2v) is 4.94. The molecule has 2 rings (SSSR count). The number of ether oxygens (including phenoxy) is 1. The van der Waals surface area contributed by atoms with Crippen molar-refractivity contribution in [2.45, 2.75) is 6.61 Å². The number of nitrogens with two attached hydrogens (primary N) is 1. The van der Waals surface area contributed by atoms with Gasteiger partial charge in [-0.25, -0.2) is 0 Å². The third-order valence-electron chi connectivity index (χ3n) is 3.35. The number of piperazine rings is 1. The zero-order valence-corrected chi connectivity index (χ0v) is 11.9. The molecule has 0 bridgehead atoms. The monoisotopic (exact) mass is 313 g/mol. The van der Waals surface area contributed by atoms with Crippen LogP contribution in [-0.2, 0) is 4.79 Å². The van der Waals surface area contributed by atoms with E-state index in [0.29, 0.717) is 31.7 Å². The highest BCUT2D eigenvalue weighted by atomic mass is 19.3. The molecule has 1 aliphatic heterocycles. The van der Waals surface area contributed by atoms with Crippen LogP contribution in [0.3, 0.4) is 0 Å². The summed E-state index contributed by atoms with van der Waals surface area (Å²) in [6.07, 6.45) is 0. The zero-order valence-electron chi connectivity index (χ0n) is 11.9. The Balaban J connectivity index is 1.96. The summed E-state index contributed by atoms with van der Waals surface area (Å²) in [4.78, 5) is 26.7. The molecular formula is C14H17F2N3O3. The van der Waals surface area contributed by atoms with Gasteiger partial charge in [0, 0.05) is 31.7 Å². The first-order valence-corrected chi connectivity index (χ1v) is 6.80. The molecule has 0 saturated carbocycles. The molecule has 2 amide bonds. The SMILES string of the molecule is NC(=O)CN1CCN(C(=O)c2cccc(OC(F)F)c2)CC1. The van der Waals surface area contributed by atoms with Crippen LogP contribution < -0.4 is 10.5 Å². The Bertz CT molecular complexity index is 546. The van der Waals surface area contributed by atoms with E-state index < -0.39 is 12.5 Å². The summed E-state index contributed by atoms with van der Waals surface area (Å²) < 4.78 is 28.7. The Kier molecular flexibility index (Phi) is 5.26. The number of halogens is 2. The quantitative estimate of drug-likeness (QED) is 0.860. The van der Waals surface area contributed by atoms with E-state index in [9.17, 15) is 18.4 Å². The van der Waals surface area contributed by atoms with E-state index in [-0.39, 0.29) is 18.2 Å². The molecule has 1 aromatic carbocycles. The summed E-state index contributed by atoms with van der Waals surface area (Å²) in [6.45, 7) is -0.774. The predicted molar refractivity (Wildman–Crippen MR) is 74.6 cm³/mol. The summed E-state index contributed by atoms with van der Waals surface area (Å²) >= 11 is 0. The molecule has 0 aliphatic carbocycles. The van der Waals surface area contributed by atoms with Crippen molar-refractivity contribution in [3.63, 3.8) is 0 Å². The van der Waals surface area contributed by atoms with Gasteiger partial charge < -0.3 is 15.4 Å². The van der Waals surface area contributed by atoms with E-state index >= 15 is 0 Å². The molecule has 8 heteroatoms. The highest BCUT2D eigenvalue weighted by Gasteiger charge is 2.23. The van der Waals surface area contributed by atoms with Gasteiger partial charge in [-0.15, -0.1) is 0 Å². The van der Waals surface area contributed by atoms with Gasteiger partial charge in [0.25, 0.3) is 5.91 Å². The largest absolute Gasteiger partial charge is 0.435 e. The van der Waals surface area contributed by atoms with Crippen LogP contribution >= 0.6 is 0 Å². The van der Waals surface area contributed by atoms with Crippen molar-refractivity contribution >= 4 is 11.8 Å². The minimum atomic E-state index is -2.93. The molecule has 1 aromatic rings. The van der Waals surface area contributed by atoms with E-state index in [1.54, 1.807) is 11.0 Å². The smallest absolute Gasteiger partial charge is 0.387 e. The number of primary amides is 1. The summed E-state index contributed by atoms with van der Waals surface area (Å²) in [5.41, 5.74) is 5.42. The second-order valence-electron chi connectivity index (χ2n) is 4.94. The van der Waals surface area contributed by atoms with E-state index in [1.807, 2.05) is 4.90 Å². The molecule has 0 aromatic heterocycles. The van der Waals surface area contributed by atoms with E-state index in [4.69, 9.17) is 5.73 Å². The van der Waals surface area contributed by atoms with Crippen LogP contribution in [0.15, 0.2) is 24.3 Å². The maximum Gasteiger partial charge on any atom is 0.387 e. The van der Waals surface area contributed by atoms with Gasteiger partial charge in [-0.05, 0) is 18.2 Å². The Morgan fingerprint density at radius 3 is 2.50 bits per heavy atom. The number of carbonyl (C=O) groups is 2. The van der Waals surface area contributed by atoms with Gasteiger partial charge in [-0.3, -0.25) is 14.5 Å². The van der Waals surface area contributed by atoms with E-state index in [1.165, 1.54) is 18.2 Å². The third kappa shape index (κ3) is 4.39. The first-order chi connectivity index (χ1) is 10.5. The molecule has 1 saturated heterocycles. The molecule has 0 unspecified atom stereocenters. The average molecular weight is 313 g/mol. The number of amides is 2. The number of hydrogen-bond acceptors (Lipinski definition) is 4. The topological polar surface area (TPSA) is 75.9 Å². The van der Waals surface area contributed by atoms with Crippen molar-refractivity contribution in [2.75, 3.05) is 32.7 Å². The Morgan fingerprint density at radius 1 is 1.23 bits per heavy atom. The molecular weight excluding hydrogens is 296 g/mol. The van der Waals surface area contributed by atoms with Crippen LogP contribution in [0, 0.1) is 0 Å². The highest BCUT2D eigenvalue weighted by Crippen LogP contribution is 2.18. The molecule has 0 radical (unpaired) electrons. The van der Waals surface area contributed by atoms with Crippen LogP contribution in [-0.4, -0.2) is 60.9 Å². The number of alkyl halides is 2. The fraction of sp³-hybridized carbons (Fsp3) is 0.429. The Morgan fingerprint density at radius 2 is 1.91 bits per heavy atom. The maximum absolute atomic E-state index is 12.3. The third-order valence-corrected chi connectivity index (χ3v) is 3.35. The van der Waals surface area contributed by atoms with Crippen LogP contribution in [0.25, 0.3) is 0 Å². The fourth-order valence-electron chi connectivity index (χ4n) is 2.32. The van der Waals surface area contributed by atoms with Gasteiger partial charge in [0.15, 0.2) is 0 Å². The highest BCUT2D eigenvalue weighted by molar-refractivity contribution is 5.94. The number of carbonyl (C=O) groups excluding carboxylic acids is 2. The van der Waals surface area contributed by atoms with Crippen molar-refractivity contribution in [2.24, 2.45) is 5.73 Å². The van der Waals surface area contributed by atoms with Crippen molar-refractivity contribution < 1.29 is 23.1 Å². The van der Waals surface area contributed by atoms with Crippen molar-refractivity contribution in [1.82, 2.24) is 9.80 Å². The molecule has 0 atom stereocenters. The summed E-state index contributed by atoms with van der Waals surface area (Å²) in [7, 11) is 0. The van der Waals surface area contributed by atoms with Gasteiger partial charge in [-0.2, -0.15) is 8.78 Å². The molecule has 120 valence electrons. The lowest BCUT2D eigenvalue weighted by Gasteiger charge is -2.34. The average Bonchev–Trinajstić information content (AvgIpc) is 2.46. The first-order valence-electron chi connectivity index (χ1n) is 6.80. The lowest BCUT2D eigenvalue weighted by Crippen LogP contribution is -2.50. The van der Waals surface area contributed by atoms with Gasteiger partial charge >= 0.3 is 6.61 Å². The molecule has 22 heavy (non-hydrogen) atoms. The molecule has 1 fully saturated rings. The fourth-order valence-corrected chi connectivity index (χ4v) is 2.32. The maximum atomic E-state index is 12.3. The lowest BCUT2D eigenvalue weighted by molar-refractivity contribution is -0.119. The van der Waals surface area contributed by atoms with Crippen molar-refractivity contribution in [3.05, 3.63) is 29.8 Å². The molecule has 1 heterocycles. The van der Waals surface area contributed by atoms with Gasteiger partial charge in [0.2, 0.25) is 5.91 Å². The van der Waals surface area contributed by atoms with Gasteiger partial charge in [0.05, 0.1) is 6.54 Å². The molecule has 6 nitrogen and oxygen atoms in total. The Labute approximate surface area is 126 Å². The number of hydrogen-bond donors (Lipinski definition) is 1. The van der Waals surface area contributed by atoms with Crippen LogP contribution in [0.4, 0.5) is 8.78 Å². The minimum absolute atomic E-state index is 0.0479. The number of nitrogens with zero attached hydrogens (tertiary/aromatic N) is 2. The van der Waals surface area contributed by atoms with E-state index in [2.05, 4.69) is 4.74 Å². The predicted octanol–water partition coefficient (Wildman–Crippen LogP) is 0.531. The first kappa shape index (κ1) is 16.2. The lowest BCUT2D eigenvalue weighted by atomic mass is 10.1. The summed E-state index contributed by atoms with van der Waals surface area (Å²) in [5.74, 6) is -0.705. The number of rotatable bonds is 5. The number of benzene rings is 1. The van der Waals surface area contributed by atoms with Gasteiger partial charge in [0.1, 0.15) is 5.75 Å². The molecule has 0 spiro atoms. The summed E-state index contributed by atoms with van der Waals surface area (Å²) in [6, 6.07) is 5.71. The van der Waals surface area contributed by atoms with Crippen molar-refractivity contribution in [3.8, 4) is 5.75 Å². The second kappa shape index (κ2) is 7.17. The van der Waals surface area contributed by atoms with Crippen molar-refractivity contribution in [1.29, 1.82) is 0 Å². The molecule has 1 aliphatic rings. The standard InChI is InChI=1S/C14H17F2N3O3/c15-14(16)22-11-3-1-2-10(8-11)13(21)19-6-4-18(5-7-19)9-12(17)20/h1-3,8,14H,4-7,9H2,(H2,17,20). The normalized spacial score (nSPS) is 15.9. The van der Waals surface area contributed by atoms with Crippen LogP contribution in [0.2, 0.25) is 0 Å². The van der Waals surface area contributed by atoms with Crippen LogP contribution in [0.1, 0.15) is 10.4 Å². The van der Waals surface area contributed by atoms with Crippen LogP contribution in [0.5, 0.6) is 5.75 Å². The van der Waals surface area contributed by atoms with E-state index in [0.717, 1.165) is 0 Å². The molecule has 2 N–H and O–H groups in total. The summed E-state index contributed by atoms with van der Waals surface area (Å²) in [5, 5.41) is 0. The van der Waals surface area contributed by atoms with Gasteiger partial charge in [-0.1, -0.05) is 6.07 Å².